The van der Waals surface area contributed by atoms with Gasteiger partial charge in [-0.2, -0.15) is 0 Å². The highest BCUT2D eigenvalue weighted by Crippen LogP contribution is 2.28. The fourth-order valence-electron chi connectivity index (χ4n) is 3.02. The summed E-state index contributed by atoms with van der Waals surface area (Å²) in [5.41, 5.74) is 1.77. The number of methoxy groups -OCH3 is 2. The van der Waals surface area contributed by atoms with Crippen LogP contribution >= 0.6 is 0 Å². The highest BCUT2D eigenvalue weighted by atomic mass is 32.2. The molecule has 0 unspecified atom stereocenters. The van der Waals surface area contributed by atoms with Crippen LogP contribution in [0.25, 0.3) is 0 Å². The molecule has 156 valence electrons. The SMILES string of the molecule is COc1ccc(CC(=O)c2ccc(N(C)S(=O)(=O)c3ccccc3)cc2)cc1OC. The number of hydrogen-bond acceptors (Lipinski definition) is 5. The van der Waals surface area contributed by atoms with Crippen molar-refractivity contribution in [3.63, 3.8) is 0 Å². The first-order chi connectivity index (χ1) is 14.4. The van der Waals surface area contributed by atoms with E-state index in [1.165, 1.54) is 11.4 Å². The zero-order valence-electron chi connectivity index (χ0n) is 17.0. The Hall–Kier alpha value is -3.32. The van der Waals surface area contributed by atoms with Crippen molar-refractivity contribution >= 4 is 21.5 Å². The Morgan fingerprint density at radius 2 is 1.50 bits per heavy atom. The predicted octanol–water partition coefficient (Wildman–Crippen LogP) is 3.95. The lowest BCUT2D eigenvalue weighted by atomic mass is 10.0. The summed E-state index contributed by atoms with van der Waals surface area (Å²) in [7, 11) is 0.922. The number of anilines is 1. The average molecular weight is 426 g/mol. The lowest BCUT2D eigenvalue weighted by Gasteiger charge is -2.19. The molecule has 0 fully saturated rings. The van der Waals surface area contributed by atoms with Gasteiger partial charge in [-0.15, -0.1) is 0 Å². The smallest absolute Gasteiger partial charge is 0.264 e. The number of carbonyl (C=O) groups excluding carboxylic acids is 1. The van der Waals surface area contributed by atoms with E-state index in [4.69, 9.17) is 9.47 Å². The standard InChI is InChI=1S/C23H23NO5S/c1-24(30(26,27)20-7-5-4-6-8-20)19-12-10-18(11-13-19)21(25)15-17-9-14-22(28-2)23(16-17)29-3/h4-14,16H,15H2,1-3H3. The minimum Gasteiger partial charge on any atom is -0.493 e. The van der Waals surface area contributed by atoms with E-state index in [0.717, 1.165) is 5.56 Å². The van der Waals surface area contributed by atoms with Gasteiger partial charge in [0.05, 0.1) is 24.8 Å². The van der Waals surface area contributed by atoms with Crippen molar-refractivity contribution in [1.82, 2.24) is 0 Å². The summed E-state index contributed by atoms with van der Waals surface area (Å²) in [5.74, 6) is 1.08. The normalized spacial score (nSPS) is 11.0. The van der Waals surface area contributed by atoms with Gasteiger partial charge in [0.1, 0.15) is 0 Å². The van der Waals surface area contributed by atoms with Crippen molar-refractivity contribution in [2.75, 3.05) is 25.6 Å². The molecule has 0 N–H and O–H groups in total. The van der Waals surface area contributed by atoms with Gasteiger partial charge in [-0.1, -0.05) is 24.3 Å². The van der Waals surface area contributed by atoms with Crippen molar-refractivity contribution in [3.8, 4) is 11.5 Å². The Balaban J connectivity index is 1.76. The Morgan fingerprint density at radius 1 is 0.867 bits per heavy atom. The number of carbonyl (C=O) groups is 1. The minimum atomic E-state index is -3.67. The predicted molar refractivity (Wildman–Crippen MR) is 116 cm³/mol. The summed E-state index contributed by atoms with van der Waals surface area (Å²) >= 11 is 0. The first kappa shape index (κ1) is 21.4. The molecule has 0 aliphatic carbocycles. The van der Waals surface area contributed by atoms with Gasteiger partial charge >= 0.3 is 0 Å². The molecule has 0 radical (unpaired) electrons. The minimum absolute atomic E-state index is 0.0812. The number of rotatable bonds is 8. The Bertz CT molecular complexity index is 1130. The van der Waals surface area contributed by atoms with Gasteiger partial charge in [-0.3, -0.25) is 9.10 Å². The van der Waals surface area contributed by atoms with Crippen molar-refractivity contribution in [3.05, 3.63) is 83.9 Å². The molecule has 3 aromatic rings. The van der Waals surface area contributed by atoms with Crippen molar-refractivity contribution in [2.45, 2.75) is 11.3 Å². The molecule has 30 heavy (non-hydrogen) atoms. The topological polar surface area (TPSA) is 72.9 Å². The van der Waals surface area contributed by atoms with Crippen LogP contribution in [-0.2, 0) is 16.4 Å². The van der Waals surface area contributed by atoms with Gasteiger partial charge in [-0.05, 0) is 54.1 Å². The van der Waals surface area contributed by atoms with Crippen molar-refractivity contribution in [2.24, 2.45) is 0 Å². The second kappa shape index (κ2) is 9.00. The number of Topliss-reactive ketones (excluding diaryl/α,β-unsaturated/α-hetero) is 1. The van der Waals surface area contributed by atoms with Crippen LogP contribution in [0.3, 0.4) is 0 Å². The number of ether oxygens (including phenoxy) is 2. The van der Waals surface area contributed by atoms with Gasteiger partial charge in [-0.25, -0.2) is 8.42 Å². The highest BCUT2D eigenvalue weighted by molar-refractivity contribution is 7.92. The van der Waals surface area contributed by atoms with E-state index in [1.807, 2.05) is 6.07 Å². The maximum atomic E-state index is 12.7. The fraction of sp³-hybridized carbons (Fsp3) is 0.174. The second-order valence-corrected chi connectivity index (χ2v) is 8.59. The molecule has 0 atom stereocenters. The van der Waals surface area contributed by atoms with Crippen LogP contribution in [0.1, 0.15) is 15.9 Å². The van der Waals surface area contributed by atoms with Crippen LogP contribution in [0.5, 0.6) is 11.5 Å². The van der Waals surface area contributed by atoms with Gasteiger partial charge < -0.3 is 9.47 Å². The molecule has 0 aromatic heterocycles. The molecule has 7 heteroatoms. The monoisotopic (exact) mass is 425 g/mol. The maximum absolute atomic E-state index is 12.7. The number of ketones is 1. The van der Waals surface area contributed by atoms with Crippen LogP contribution < -0.4 is 13.8 Å². The maximum Gasteiger partial charge on any atom is 0.264 e. The molecule has 0 saturated carbocycles. The van der Waals surface area contributed by atoms with Gasteiger partial charge in [0, 0.05) is 19.0 Å². The fourth-order valence-corrected chi connectivity index (χ4v) is 4.24. The van der Waals surface area contributed by atoms with Crippen LogP contribution in [0.4, 0.5) is 5.69 Å². The Kier molecular flexibility index (Phi) is 6.42. The first-order valence-corrected chi connectivity index (χ1v) is 10.7. The van der Waals surface area contributed by atoms with Crippen molar-refractivity contribution in [1.29, 1.82) is 0 Å². The van der Waals surface area contributed by atoms with Crippen LogP contribution in [-0.4, -0.2) is 35.5 Å². The number of hydrogen-bond donors (Lipinski definition) is 0. The van der Waals surface area contributed by atoms with Crippen LogP contribution in [0.15, 0.2) is 77.7 Å². The second-order valence-electron chi connectivity index (χ2n) is 6.62. The van der Waals surface area contributed by atoms with E-state index in [9.17, 15) is 13.2 Å². The molecule has 0 heterocycles. The van der Waals surface area contributed by atoms with Crippen LogP contribution in [0.2, 0.25) is 0 Å². The molecular weight excluding hydrogens is 402 g/mol. The van der Waals surface area contributed by atoms with E-state index in [2.05, 4.69) is 0 Å². The van der Waals surface area contributed by atoms with Gasteiger partial charge in [0.25, 0.3) is 10.0 Å². The molecule has 0 spiro atoms. The van der Waals surface area contributed by atoms with E-state index >= 15 is 0 Å². The molecule has 3 rings (SSSR count). The van der Waals surface area contributed by atoms with Crippen LogP contribution in [0, 0.1) is 0 Å². The van der Waals surface area contributed by atoms with E-state index in [0.29, 0.717) is 22.7 Å². The molecule has 0 aliphatic heterocycles. The summed E-state index contributed by atoms with van der Waals surface area (Å²) < 4.78 is 37.2. The summed E-state index contributed by atoms with van der Waals surface area (Å²) in [5, 5.41) is 0. The van der Waals surface area contributed by atoms with Gasteiger partial charge in [0.2, 0.25) is 0 Å². The highest BCUT2D eigenvalue weighted by Gasteiger charge is 2.21. The van der Waals surface area contributed by atoms with Crippen molar-refractivity contribution < 1.29 is 22.7 Å². The lowest BCUT2D eigenvalue weighted by Crippen LogP contribution is -2.26. The molecule has 0 bridgehead atoms. The van der Waals surface area contributed by atoms with Gasteiger partial charge in [0.15, 0.2) is 17.3 Å². The lowest BCUT2D eigenvalue weighted by molar-refractivity contribution is 0.0993. The molecule has 0 amide bonds. The summed E-state index contributed by atoms with van der Waals surface area (Å²) in [6.07, 6.45) is 0.192. The third-order valence-electron chi connectivity index (χ3n) is 4.77. The summed E-state index contributed by atoms with van der Waals surface area (Å²) in [4.78, 5) is 12.9. The molecule has 0 aliphatic rings. The molecular formula is C23H23NO5S. The third-order valence-corrected chi connectivity index (χ3v) is 6.57. The molecule has 0 saturated heterocycles. The molecule has 3 aromatic carbocycles. The van der Waals surface area contributed by atoms with E-state index in [1.54, 1.807) is 80.9 Å². The number of sulfonamides is 1. The number of nitrogens with zero attached hydrogens (tertiary/aromatic N) is 1. The third kappa shape index (κ3) is 4.46. The first-order valence-electron chi connectivity index (χ1n) is 9.25. The summed E-state index contributed by atoms with van der Waals surface area (Å²) in [6, 6.07) is 20.1. The molecule has 6 nitrogen and oxygen atoms in total. The van der Waals surface area contributed by atoms with E-state index < -0.39 is 10.0 Å². The summed E-state index contributed by atoms with van der Waals surface area (Å²) in [6.45, 7) is 0. The van der Waals surface area contributed by atoms with E-state index in [-0.39, 0.29) is 17.1 Å². The zero-order chi connectivity index (χ0) is 21.7. The largest absolute Gasteiger partial charge is 0.493 e. The zero-order valence-corrected chi connectivity index (χ0v) is 17.8. The quantitative estimate of drug-likeness (QED) is 0.511. The Labute approximate surface area is 176 Å². The Morgan fingerprint density at radius 3 is 2.10 bits per heavy atom. The number of benzene rings is 3. The average Bonchev–Trinajstić information content (AvgIpc) is 2.79.